The minimum Gasteiger partial charge on any atom is -0.494 e. The van der Waals surface area contributed by atoms with Crippen LogP contribution in [-0.4, -0.2) is 41.7 Å². The van der Waals surface area contributed by atoms with Crippen molar-refractivity contribution >= 4 is 5.91 Å². The molecule has 1 saturated heterocycles. The van der Waals surface area contributed by atoms with Crippen molar-refractivity contribution < 1.29 is 14.6 Å². The van der Waals surface area contributed by atoms with E-state index in [-0.39, 0.29) is 12.0 Å². The van der Waals surface area contributed by atoms with Gasteiger partial charge in [0.05, 0.1) is 12.7 Å². The summed E-state index contributed by atoms with van der Waals surface area (Å²) in [6, 6.07) is 7.34. The highest BCUT2D eigenvalue weighted by Crippen LogP contribution is 2.17. The van der Waals surface area contributed by atoms with Crippen molar-refractivity contribution in [2.45, 2.75) is 39.2 Å². The maximum absolute atomic E-state index is 12.3. The van der Waals surface area contributed by atoms with Crippen LogP contribution >= 0.6 is 0 Å². The van der Waals surface area contributed by atoms with Crippen molar-refractivity contribution in [3.63, 3.8) is 0 Å². The number of likely N-dealkylation sites (tertiary alicyclic amines) is 1. The molecule has 0 bridgehead atoms. The molecule has 1 aromatic carbocycles. The third kappa shape index (κ3) is 4.74. The first-order valence-corrected chi connectivity index (χ1v) is 7.76. The van der Waals surface area contributed by atoms with Crippen LogP contribution in [0.4, 0.5) is 0 Å². The van der Waals surface area contributed by atoms with E-state index in [9.17, 15) is 9.90 Å². The van der Waals surface area contributed by atoms with Crippen LogP contribution in [0.2, 0.25) is 0 Å². The highest BCUT2D eigenvalue weighted by molar-refractivity contribution is 5.94. The number of rotatable bonds is 5. The molecule has 0 aliphatic carbocycles. The van der Waals surface area contributed by atoms with Gasteiger partial charge in [-0.1, -0.05) is 13.8 Å². The van der Waals surface area contributed by atoms with Crippen LogP contribution < -0.4 is 4.74 Å². The van der Waals surface area contributed by atoms with E-state index in [1.807, 2.05) is 24.3 Å². The lowest BCUT2D eigenvalue weighted by atomic mass is 10.1. The molecule has 0 radical (unpaired) electrons. The normalized spacial score (nSPS) is 16.3. The summed E-state index contributed by atoms with van der Waals surface area (Å²) in [4.78, 5) is 14.1. The number of benzene rings is 1. The molecule has 1 amide bonds. The fourth-order valence-electron chi connectivity index (χ4n) is 2.36. The van der Waals surface area contributed by atoms with Crippen LogP contribution in [0.25, 0.3) is 0 Å². The van der Waals surface area contributed by atoms with E-state index in [1.54, 1.807) is 4.90 Å². The van der Waals surface area contributed by atoms with Gasteiger partial charge in [0.25, 0.3) is 5.91 Å². The molecule has 1 aromatic rings. The second-order valence-electron chi connectivity index (χ2n) is 6.08. The summed E-state index contributed by atoms with van der Waals surface area (Å²) >= 11 is 0. The second-order valence-corrected chi connectivity index (χ2v) is 6.08. The first kappa shape index (κ1) is 15.8. The zero-order valence-corrected chi connectivity index (χ0v) is 12.9. The number of hydrogen-bond donors (Lipinski definition) is 1. The van der Waals surface area contributed by atoms with Gasteiger partial charge < -0.3 is 14.7 Å². The molecule has 0 saturated carbocycles. The Morgan fingerprint density at radius 1 is 1.29 bits per heavy atom. The minimum absolute atomic E-state index is 0.0376. The summed E-state index contributed by atoms with van der Waals surface area (Å²) in [5.41, 5.74) is 0.683. The van der Waals surface area contributed by atoms with Crippen LogP contribution in [0.3, 0.4) is 0 Å². The summed E-state index contributed by atoms with van der Waals surface area (Å²) in [5, 5.41) is 9.48. The molecular formula is C17H25NO3. The van der Waals surface area contributed by atoms with Gasteiger partial charge in [-0.05, 0) is 49.4 Å². The molecule has 0 unspecified atom stereocenters. The number of amides is 1. The van der Waals surface area contributed by atoms with E-state index >= 15 is 0 Å². The molecule has 21 heavy (non-hydrogen) atoms. The Balaban J connectivity index is 1.87. The van der Waals surface area contributed by atoms with Crippen LogP contribution in [0, 0.1) is 5.92 Å². The third-order valence-corrected chi connectivity index (χ3v) is 3.82. The minimum atomic E-state index is -0.259. The summed E-state index contributed by atoms with van der Waals surface area (Å²) < 4.78 is 5.65. The van der Waals surface area contributed by atoms with Gasteiger partial charge in [-0.25, -0.2) is 0 Å². The van der Waals surface area contributed by atoms with Gasteiger partial charge in [0.2, 0.25) is 0 Å². The zero-order valence-electron chi connectivity index (χ0n) is 12.9. The molecule has 1 fully saturated rings. The summed E-state index contributed by atoms with van der Waals surface area (Å²) in [6.45, 7) is 6.30. The molecule has 4 nitrogen and oxygen atoms in total. The molecule has 2 rings (SSSR count). The van der Waals surface area contributed by atoms with E-state index < -0.39 is 0 Å². The fraction of sp³-hybridized carbons (Fsp3) is 0.588. The van der Waals surface area contributed by atoms with Crippen molar-refractivity contribution in [2.75, 3.05) is 19.7 Å². The number of piperidine rings is 1. The molecule has 116 valence electrons. The average molecular weight is 291 g/mol. The van der Waals surface area contributed by atoms with Crippen LogP contribution in [0.1, 0.15) is 43.5 Å². The predicted molar refractivity (Wildman–Crippen MR) is 82.5 cm³/mol. The summed E-state index contributed by atoms with van der Waals surface area (Å²) in [5.74, 6) is 1.47. The van der Waals surface area contributed by atoms with Gasteiger partial charge in [0, 0.05) is 18.7 Å². The van der Waals surface area contributed by atoms with Gasteiger partial charge in [0.15, 0.2) is 0 Å². The predicted octanol–water partition coefficient (Wildman–Crippen LogP) is 2.71. The smallest absolute Gasteiger partial charge is 0.253 e. The topological polar surface area (TPSA) is 49.8 Å². The van der Waals surface area contributed by atoms with Gasteiger partial charge >= 0.3 is 0 Å². The highest BCUT2D eigenvalue weighted by Gasteiger charge is 2.22. The van der Waals surface area contributed by atoms with Gasteiger partial charge in [-0.3, -0.25) is 4.79 Å². The number of carbonyl (C=O) groups is 1. The van der Waals surface area contributed by atoms with Crippen LogP contribution in [0.5, 0.6) is 5.75 Å². The first-order chi connectivity index (χ1) is 10.1. The van der Waals surface area contributed by atoms with Crippen molar-refractivity contribution in [1.29, 1.82) is 0 Å². The monoisotopic (exact) mass is 291 g/mol. The molecule has 1 aliphatic rings. The lowest BCUT2D eigenvalue weighted by Gasteiger charge is -2.29. The van der Waals surface area contributed by atoms with Crippen LogP contribution in [0.15, 0.2) is 24.3 Å². The Hall–Kier alpha value is -1.55. The van der Waals surface area contributed by atoms with Crippen molar-refractivity contribution in [3.05, 3.63) is 29.8 Å². The lowest BCUT2D eigenvalue weighted by molar-refractivity contribution is 0.0546. The Bertz CT molecular complexity index is 448. The first-order valence-electron chi connectivity index (χ1n) is 7.76. The number of aliphatic hydroxyl groups excluding tert-OH is 1. The largest absolute Gasteiger partial charge is 0.494 e. The van der Waals surface area contributed by atoms with Crippen molar-refractivity contribution in [1.82, 2.24) is 4.90 Å². The molecule has 4 heteroatoms. The molecule has 1 aliphatic heterocycles. The Kier molecular flexibility index (Phi) is 5.62. The van der Waals surface area contributed by atoms with Crippen molar-refractivity contribution in [2.24, 2.45) is 5.92 Å². The molecule has 1 heterocycles. The standard InChI is InChI=1S/C17H25NO3/c1-13(2)9-12-21-16-5-3-14(4-6-16)17(20)18-10-7-15(19)8-11-18/h3-6,13,15,19H,7-12H2,1-2H3. The van der Waals surface area contributed by atoms with E-state index in [1.165, 1.54) is 0 Å². The SMILES string of the molecule is CC(C)CCOc1ccc(C(=O)N2CCC(O)CC2)cc1. The Morgan fingerprint density at radius 2 is 1.90 bits per heavy atom. The molecular weight excluding hydrogens is 266 g/mol. The highest BCUT2D eigenvalue weighted by atomic mass is 16.5. The Labute approximate surface area is 126 Å². The van der Waals surface area contributed by atoms with Crippen LogP contribution in [-0.2, 0) is 0 Å². The van der Waals surface area contributed by atoms with E-state index in [4.69, 9.17) is 4.74 Å². The molecule has 0 spiro atoms. The summed E-state index contributed by atoms with van der Waals surface area (Å²) in [6.07, 6.45) is 2.10. The number of ether oxygens (including phenoxy) is 1. The average Bonchev–Trinajstić information content (AvgIpc) is 2.48. The maximum Gasteiger partial charge on any atom is 0.253 e. The zero-order chi connectivity index (χ0) is 15.2. The van der Waals surface area contributed by atoms with Gasteiger partial charge in [-0.2, -0.15) is 0 Å². The summed E-state index contributed by atoms with van der Waals surface area (Å²) in [7, 11) is 0. The van der Waals surface area contributed by atoms with E-state index in [0.717, 1.165) is 12.2 Å². The molecule has 0 atom stereocenters. The third-order valence-electron chi connectivity index (χ3n) is 3.82. The van der Waals surface area contributed by atoms with Gasteiger partial charge in [-0.15, -0.1) is 0 Å². The number of aliphatic hydroxyl groups is 1. The number of carbonyl (C=O) groups excluding carboxylic acids is 1. The maximum atomic E-state index is 12.3. The van der Waals surface area contributed by atoms with Gasteiger partial charge in [0.1, 0.15) is 5.75 Å². The number of nitrogens with zero attached hydrogens (tertiary/aromatic N) is 1. The fourth-order valence-corrected chi connectivity index (χ4v) is 2.36. The van der Waals surface area contributed by atoms with Crippen molar-refractivity contribution in [3.8, 4) is 5.75 Å². The van der Waals surface area contributed by atoms with E-state index in [2.05, 4.69) is 13.8 Å². The van der Waals surface area contributed by atoms with E-state index in [0.29, 0.717) is 44.0 Å². The lowest BCUT2D eigenvalue weighted by Crippen LogP contribution is -2.40. The molecule has 0 aromatic heterocycles. The number of hydrogen-bond acceptors (Lipinski definition) is 3. The molecule has 1 N–H and O–H groups in total. The quantitative estimate of drug-likeness (QED) is 0.907. The second kappa shape index (κ2) is 7.46. The Morgan fingerprint density at radius 3 is 2.48 bits per heavy atom.